The van der Waals surface area contributed by atoms with Crippen molar-refractivity contribution in [1.82, 2.24) is 9.80 Å². The van der Waals surface area contributed by atoms with Gasteiger partial charge < -0.3 is 20.3 Å². The number of para-hydroxylation sites is 1. The zero-order chi connectivity index (χ0) is 18.4. The minimum absolute atomic E-state index is 0.0637. The summed E-state index contributed by atoms with van der Waals surface area (Å²) in [6.07, 6.45) is 4.03. The molecule has 2 heterocycles. The van der Waals surface area contributed by atoms with Crippen molar-refractivity contribution in [2.75, 3.05) is 32.8 Å². The van der Waals surface area contributed by atoms with Crippen LogP contribution in [0, 0.1) is 5.92 Å². The van der Waals surface area contributed by atoms with Crippen LogP contribution in [0.1, 0.15) is 32.1 Å². The van der Waals surface area contributed by atoms with Gasteiger partial charge in [0, 0.05) is 32.2 Å². The molecule has 0 spiro atoms. The normalized spacial score (nSPS) is 23.6. The van der Waals surface area contributed by atoms with Crippen molar-refractivity contribution in [2.45, 2.75) is 38.1 Å². The Hall–Kier alpha value is -2.08. The largest absolute Gasteiger partial charge is 0.493 e. The summed E-state index contributed by atoms with van der Waals surface area (Å²) in [4.78, 5) is 29.0. The van der Waals surface area contributed by atoms with Crippen LogP contribution >= 0.6 is 0 Å². The molecule has 1 aromatic carbocycles. The van der Waals surface area contributed by atoms with Crippen LogP contribution in [0.2, 0.25) is 0 Å². The fourth-order valence-electron chi connectivity index (χ4n) is 3.80. The molecule has 2 amide bonds. The molecule has 2 saturated heterocycles. The highest BCUT2D eigenvalue weighted by Gasteiger charge is 2.32. The van der Waals surface area contributed by atoms with E-state index in [0.717, 1.165) is 44.5 Å². The molecule has 26 heavy (non-hydrogen) atoms. The second kappa shape index (κ2) is 9.03. The molecule has 3 rings (SSSR count). The van der Waals surface area contributed by atoms with Gasteiger partial charge in [-0.2, -0.15) is 0 Å². The fraction of sp³-hybridized carbons (Fsp3) is 0.600. The third kappa shape index (κ3) is 4.97. The molecule has 142 valence electrons. The Morgan fingerprint density at radius 2 is 1.77 bits per heavy atom. The predicted octanol–water partition coefficient (Wildman–Crippen LogP) is 1.64. The van der Waals surface area contributed by atoms with Gasteiger partial charge in [0.1, 0.15) is 5.75 Å². The standard InChI is InChI=1S/C20H29N3O3/c21-17-7-5-12-23(15-17)20(25)16-6-4-11-22(14-16)19(24)10-13-26-18-8-2-1-3-9-18/h1-3,8-9,16-17H,4-7,10-15,21H2. The maximum Gasteiger partial charge on any atom is 0.227 e. The Labute approximate surface area is 155 Å². The Bertz CT molecular complexity index is 608. The third-order valence-electron chi connectivity index (χ3n) is 5.22. The Kier molecular flexibility index (Phi) is 6.50. The summed E-state index contributed by atoms with van der Waals surface area (Å²) in [5.74, 6) is 0.911. The van der Waals surface area contributed by atoms with Gasteiger partial charge in [-0.3, -0.25) is 9.59 Å². The van der Waals surface area contributed by atoms with Crippen molar-refractivity contribution in [1.29, 1.82) is 0 Å². The lowest BCUT2D eigenvalue weighted by Gasteiger charge is -2.37. The average Bonchev–Trinajstić information content (AvgIpc) is 2.68. The Balaban J connectivity index is 1.46. The summed E-state index contributed by atoms with van der Waals surface area (Å²) in [5.41, 5.74) is 6.00. The van der Waals surface area contributed by atoms with Gasteiger partial charge in [-0.1, -0.05) is 18.2 Å². The average molecular weight is 359 g/mol. The molecule has 2 atom stereocenters. The summed E-state index contributed by atoms with van der Waals surface area (Å²) >= 11 is 0. The van der Waals surface area contributed by atoms with Crippen LogP contribution < -0.4 is 10.5 Å². The predicted molar refractivity (Wildman–Crippen MR) is 99.6 cm³/mol. The number of likely N-dealkylation sites (tertiary alicyclic amines) is 2. The van der Waals surface area contributed by atoms with Crippen molar-refractivity contribution in [3.05, 3.63) is 30.3 Å². The number of nitrogens with two attached hydrogens (primary N) is 1. The van der Waals surface area contributed by atoms with E-state index >= 15 is 0 Å². The van der Waals surface area contributed by atoms with Crippen LogP contribution in [0.4, 0.5) is 0 Å². The van der Waals surface area contributed by atoms with Crippen LogP contribution in [-0.4, -0.2) is 60.4 Å². The molecular weight excluding hydrogens is 330 g/mol. The van der Waals surface area contributed by atoms with Crippen LogP contribution in [0.15, 0.2) is 30.3 Å². The van der Waals surface area contributed by atoms with E-state index < -0.39 is 0 Å². The number of hydrogen-bond acceptors (Lipinski definition) is 4. The van der Waals surface area contributed by atoms with Gasteiger partial charge in [0.2, 0.25) is 11.8 Å². The van der Waals surface area contributed by atoms with E-state index in [1.807, 2.05) is 40.1 Å². The van der Waals surface area contributed by atoms with Crippen molar-refractivity contribution in [3.63, 3.8) is 0 Å². The van der Waals surface area contributed by atoms with Gasteiger partial charge in [-0.15, -0.1) is 0 Å². The summed E-state index contributed by atoms with van der Waals surface area (Å²) in [7, 11) is 0. The lowest BCUT2D eigenvalue weighted by atomic mass is 9.94. The van der Waals surface area contributed by atoms with Gasteiger partial charge in [-0.05, 0) is 37.8 Å². The molecule has 6 nitrogen and oxygen atoms in total. The van der Waals surface area contributed by atoms with Crippen molar-refractivity contribution >= 4 is 11.8 Å². The van der Waals surface area contributed by atoms with E-state index in [0.29, 0.717) is 26.1 Å². The Morgan fingerprint density at radius 1 is 1.04 bits per heavy atom. The molecule has 2 aliphatic heterocycles. The van der Waals surface area contributed by atoms with Crippen molar-refractivity contribution in [2.24, 2.45) is 11.7 Å². The van der Waals surface area contributed by atoms with Crippen LogP contribution in [0.25, 0.3) is 0 Å². The lowest BCUT2D eigenvalue weighted by Crippen LogP contribution is -2.51. The molecule has 0 saturated carbocycles. The van der Waals surface area contributed by atoms with E-state index in [1.54, 1.807) is 0 Å². The number of rotatable bonds is 5. The number of piperidine rings is 2. The minimum atomic E-state index is -0.0898. The molecule has 0 radical (unpaired) electrons. The molecular formula is C20H29N3O3. The highest BCUT2D eigenvalue weighted by molar-refractivity contribution is 5.81. The second-order valence-electron chi connectivity index (χ2n) is 7.28. The topological polar surface area (TPSA) is 75.9 Å². The summed E-state index contributed by atoms with van der Waals surface area (Å²) in [6, 6.07) is 9.59. The van der Waals surface area contributed by atoms with E-state index in [4.69, 9.17) is 10.5 Å². The van der Waals surface area contributed by atoms with Crippen LogP contribution in [0.5, 0.6) is 5.75 Å². The van der Waals surface area contributed by atoms with Crippen LogP contribution in [-0.2, 0) is 9.59 Å². The van der Waals surface area contributed by atoms with Gasteiger partial charge in [0.15, 0.2) is 0 Å². The zero-order valence-electron chi connectivity index (χ0n) is 15.3. The summed E-state index contributed by atoms with van der Waals surface area (Å²) in [5, 5.41) is 0. The molecule has 0 aromatic heterocycles. The Morgan fingerprint density at radius 3 is 2.54 bits per heavy atom. The number of carbonyl (C=O) groups excluding carboxylic acids is 2. The highest BCUT2D eigenvalue weighted by atomic mass is 16.5. The summed E-state index contributed by atoms with van der Waals surface area (Å²) in [6.45, 7) is 3.05. The molecule has 2 fully saturated rings. The van der Waals surface area contributed by atoms with Crippen LogP contribution in [0.3, 0.4) is 0 Å². The van der Waals surface area contributed by atoms with E-state index in [1.165, 1.54) is 0 Å². The number of carbonyl (C=O) groups is 2. The first kappa shape index (κ1) is 18.7. The monoisotopic (exact) mass is 359 g/mol. The third-order valence-corrected chi connectivity index (χ3v) is 5.22. The summed E-state index contributed by atoms with van der Waals surface area (Å²) < 4.78 is 5.61. The first-order valence-electron chi connectivity index (χ1n) is 9.63. The quantitative estimate of drug-likeness (QED) is 0.867. The smallest absolute Gasteiger partial charge is 0.227 e. The fourth-order valence-corrected chi connectivity index (χ4v) is 3.80. The van der Waals surface area contributed by atoms with Crippen molar-refractivity contribution in [3.8, 4) is 5.75 Å². The first-order chi connectivity index (χ1) is 12.6. The van der Waals surface area contributed by atoms with Gasteiger partial charge in [-0.25, -0.2) is 0 Å². The second-order valence-corrected chi connectivity index (χ2v) is 7.28. The van der Waals surface area contributed by atoms with Gasteiger partial charge in [0.25, 0.3) is 0 Å². The molecule has 0 bridgehead atoms. The van der Waals surface area contributed by atoms with E-state index in [9.17, 15) is 9.59 Å². The molecule has 2 aliphatic rings. The number of hydrogen-bond donors (Lipinski definition) is 1. The first-order valence-corrected chi connectivity index (χ1v) is 9.63. The number of ether oxygens (including phenoxy) is 1. The van der Waals surface area contributed by atoms with E-state index in [-0.39, 0.29) is 23.8 Å². The number of amides is 2. The van der Waals surface area contributed by atoms with Gasteiger partial charge in [0.05, 0.1) is 18.9 Å². The lowest BCUT2D eigenvalue weighted by molar-refractivity contribution is -0.142. The van der Waals surface area contributed by atoms with Crippen molar-refractivity contribution < 1.29 is 14.3 Å². The number of nitrogens with zero attached hydrogens (tertiary/aromatic N) is 2. The molecule has 2 N–H and O–H groups in total. The van der Waals surface area contributed by atoms with E-state index in [2.05, 4.69) is 0 Å². The zero-order valence-corrected chi connectivity index (χ0v) is 15.3. The molecule has 1 aromatic rings. The molecule has 6 heteroatoms. The van der Waals surface area contributed by atoms with Gasteiger partial charge >= 0.3 is 0 Å². The SMILES string of the molecule is NC1CCCN(C(=O)C2CCCN(C(=O)CCOc3ccccc3)C2)C1. The molecule has 0 aliphatic carbocycles. The maximum absolute atomic E-state index is 12.8. The maximum atomic E-state index is 12.8. The highest BCUT2D eigenvalue weighted by Crippen LogP contribution is 2.21. The minimum Gasteiger partial charge on any atom is -0.493 e. The molecule has 2 unspecified atom stereocenters. The number of benzene rings is 1.